The molecule has 0 fully saturated rings. The minimum absolute atomic E-state index is 0.205. The summed E-state index contributed by atoms with van der Waals surface area (Å²) in [6.07, 6.45) is 1.59. The van der Waals surface area contributed by atoms with Gasteiger partial charge in [0.05, 0.1) is 5.56 Å². The molecule has 0 heterocycles. The first-order valence-corrected chi connectivity index (χ1v) is 9.60. The molecule has 7 heteroatoms. The monoisotopic (exact) mass is 429 g/mol. The van der Waals surface area contributed by atoms with Crippen LogP contribution >= 0.6 is 0 Å². The number of hydrogen-bond donors (Lipinski definition) is 2. The van der Waals surface area contributed by atoms with Gasteiger partial charge in [-0.2, -0.15) is 0 Å². The molecule has 2 N–H and O–H groups in total. The van der Waals surface area contributed by atoms with Gasteiger partial charge in [0.15, 0.2) is 12.4 Å². The number of benzene rings is 3. The van der Waals surface area contributed by atoms with Gasteiger partial charge in [-0.25, -0.2) is 9.59 Å². The van der Waals surface area contributed by atoms with Gasteiger partial charge in [-0.05, 0) is 35.4 Å². The number of Topliss-reactive ketones (excluding diaryl/α,β-unsaturated/α-hetero) is 1. The van der Waals surface area contributed by atoms with Crippen LogP contribution in [0.1, 0.15) is 20.7 Å². The van der Waals surface area contributed by atoms with E-state index in [-0.39, 0.29) is 11.3 Å². The number of ketones is 1. The number of hydrogen-bond acceptors (Lipinski definition) is 5. The van der Waals surface area contributed by atoms with Gasteiger partial charge >= 0.3 is 11.9 Å². The Hall–Kier alpha value is -4.52. The van der Waals surface area contributed by atoms with Crippen molar-refractivity contribution in [2.24, 2.45) is 0 Å². The highest BCUT2D eigenvalue weighted by Crippen LogP contribution is 2.19. The average molecular weight is 429 g/mol. The Morgan fingerprint density at radius 3 is 1.97 bits per heavy atom. The van der Waals surface area contributed by atoms with Gasteiger partial charge in [0.25, 0.3) is 0 Å². The highest BCUT2D eigenvalue weighted by atomic mass is 16.5. The molecular formula is C25H19NO6. The van der Waals surface area contributed by atoms with Crippen LogP contribution in [-0.4, -0.2) is 35.3 Å². The zero-order chi connectivity index (χ0) is 22.9. The third-order valence-corrected chi connectivity index (χ3v) is 4.41. The van der Waals surface area contributed by atoms with E-state index in [2.05, 4.69) is 5.32 Å². The minimum atomic E-state index is -1.24. The summed E-state index contributed by atoms with van der Waals surface area (Å²) >= 11 is 0. The fraction of sp³-hybridized carbons (Fsp3) is 0.0400. The molecule has 0 aliphatic heterocycles. The molecule has 0 atom stereocenters. The van der Waals surface area contributed by atoms with Crippen LogP contribution in [0.15, 0.2) is 91.0 Å². The lowest BCUT2D eigenvalue weighted by Gasteiger charge is -2.07. The van der Waals surface area contributed by atoms with Crippen LogP contribution in [0.2, 0.25) is 0 Å². The van der Waals surface area contributed by atoms with Gasteiger partial charge in [-0.15, -0.1) is 0 Å². The largest absolute Gasteiger partial charge is 0.478 e. The first-order chi connectivity index (χ1) is 15.4. The quantitative estimate of drug-likeness (QED) is 0.319. The molecule has 32 heavy (non-hydrogen) atoms. The molecule has 0 spiro atoms. The molecule has 3 aromatic carbocycles. The van der Waals surface area contributed by atoms with Crippen molar-refractivity contribution in [2.75, 3.05) is 11.9 Å². The Morgan fingerprint density at radius 2 is 1.34 bits per heavy atom. The molecule has 0 aliphatic rings. The summed E-state index contributed by atoms with van der Waals surface area (Å²) in [5.74, 6) is -2.86. The van der Waals surface area contributed by atoms with Crippen molar-refractivity contribution in [3.8, 4) is 11.1 Å². The maximum absolute atomic E-state index is 12.3. The van der Waals surface area contributed by atoms with Crippen molar-refractivity contribution in [1.29, 1.82) is 0 Å². The number of ether oxygens (including phenoxy) is 1. The van der Waals surface area contributed by atoms with Crippen molar-refractivity contribution in [2.45, 2.75) is 0 Å². The molecule has 3 rings (SSSR count). The normalized spacial score (nSPS) is 10.5. The molecule has 160 valence electrons. The smallest absolute Gasteiger partial charge is 0.338 e. The van der Waals surface area contributed by atoms with Crippen LogP contribution < -0.4 is 5.32 Å². The van der Waals surface area contributed by atoms with Gasteiger partial charge < -0.3 is 15.2 Å². The molecule has 0 bridgehead atoms. The SMILES string of the molecule is O=C(O)C=CC(=O)Nc1ccc(C(=O)OCC(=O)c2ccc(-c3ccccc3)cc2)cc1. The molecule has 0 saturated heterocycles. The number of carboxylic acids is 1. The number of carbonyl (C=O) groups is 4. The Labute approximate surface area is 184 Å². The van der Waals surface area contributed by atoms with E-state index in [1.807, 2.05) is 42.5 Å². The number of anilines is 1. The van der Waals surface area contributed by atoms with Crippen molar-refractivity contribution >= 4 is 29.3 Å². The van der Waals surface area contributed by atoms with Crippen LogP contribution in [0.5, 0.6) is 0 Å². The predicted molar refractivity (Wildman–Crippen MR) is 118 cm³/mol. The maximum Gasteiger partial charge on any atom is 0.338 e. The minimum Gasteiger partial charge on any atom is -0.478 e. The second-order valence-electron chi connectivity index (χ2n) is 6.68. The van der Waals surface area contributed by atoms with Gasteiger partial charge in [0.2, 0.25) is 5.91 Å². The molecule has 0 saturated carbocycles. The van der Waals surface area contributed by atoms with Crippen LogP contribution in [0.25, 0.3) is 11.1 Å². The van der Waals surface area contributed by atoms with Crippen molar-refractivity contribution in [3.05, 3.63) is 102 Å². The Bertz CT molecular complexity index is 1150. The number of nitrogens with one attached hydrogen (secondary N) is 1. The lowest BCUT2D eigenvalue weighted by atomic mass is 10.0. The number of aliphatic carboxylic acids is 1. The summed E-state index contributed by atoms with van der Waals surface area (Å²) in [7, 11) is 0. The van der Waals surface area contributed by atoms with E-state index in [4.69, 9.17) is 9.84 Å². The first-order valence-electron chi connectivity index (χ1n) is 9.60. The van der Waals surface area contributed by atoms with E-state index in [1.54, 1.807) is 12.1 Å². The molecule has 0 aromatic heterocycles. The van der Waals surface area contributed by atoms with Crippen molar-refractivity contribution in [1.82, 2.24) is 0 Å². The summed E-state index contributed by atoms with van der Waals surface area (Å²) in [5, 5.41) is 11.0. The first kappa shape index (κ1) is 22.2. The second-order valence-corrected chi connectivity index (χ2v) is 6.68. The predicted octanol–water partition coefficient (Wildman–Crippen LogP) is 3.97. The number of amides is 1. The lowest BCUT2D eigenvalue weighted by Crippen LogP contribution is -2.14. The zero-order valence-electron chi connectivity index (χ0n) is 16.9. The van der Waals surface area contributed by atoms with E-state index >= 15 is 0 Å². The number of carboxylic acid groups (broad SMARTS) is 1. The summed E-state index contributed by atoms with van der Waals surface area (Å²) in [6, 6.07) is 22.6. The fourth-order valence-corrected chi connectivity index (χ4v) is 2.80. The van der Waals surface area contributed by atoms with Crippen molar-refractivity contribution in [3.63, 3.8) is 0 Å². The summed E-state index contributed by atoms with van der Waals surface area (Å²) in [6.45, 7) is -0.401. The van der Waals surface area contributed by atoms with E-state index in [9.17, 15) is 19.2 Å². The summed E-state index contributed by atoms with van der Waals surface area (Å²) in [4.78, 5) is 46.5. The lowest BCUT2D eigenvalue weighted by molar-refractivity contribution is -0.131. The Morgan fingerprint density at radius 1 is 0.750 bits per heavy atom. The van der Waals surface area contributed by atoms with Crippen LogP contribution in [-0.2, 0) is 14.3 Å². The van der Waals surface area contributed by atoms with E-state index in [0.717, 1.165) is 17.2 Å². The third-order valence-electron chi connectivity index (χ3n) is 4.41. The Kier molecular flexibility index (Phi) is 7.27. The summed E-state index contributed by atoms with van der Waals surface area (Å²) in [5.41, 5.74) is 3.03. The standard InChI is InChI=1S/C25H19NO6/c27-22(19-8-6-18(7-9-19)17-4-2-1-3-5-17)16-32-25(31)20-10-12-21(13-11-20)26-23(28)14-15-24(29)30/h1-15H,16H2,(H,26,28)(H,29,30). The molecule has 1 amide bonds. The maximum atomic E-state index is 12.3. The van der Waals surface area contributed by atoms with E-state index < -0.39 is 24.5 Å². The highest BCUT2D eigenvalue weighted by Gasteiger charge is 2.12. The molecule has 0 aliphatic carbocycles. The topological polar surface area (TPSA) is 110 Å². The van der Waals surface area contributed by atoms with Crippen LogP contribution in [0.4, 0.5) is 5.69 Å². The number of rotatable bonds is 8. The van der Waals surface area contributed by atoms with Gasteiger partial charge in [0.1, 0.15) is 0 Å². The van der Waals surface area contributed by atoms with Crippen LogP contribution in [0.3, 0.4) is 0 Å². The Balaban J connectivity index is 1.53. The molecule has 0 radical (unpaired) electrons. The van der Waals surface area contributed by atoms with Gasteiger partial charge in [0, 0.05) is 23.4 Å². The molecule has 0 unspecified atom stereocenters. The van der Waals surface area contributed by atoms with E-state index in [0.29, 0.717) is 17.3 Å². The van der Waals surface area contributed by atoms with Gasteiger partial charge in [-0.3, -0.25) is 9.59 Å². The average Bonchev–Trinajstić information content (AvgIpc) is 2.82. The zero-order valence-corrected chi connectivity index (χ0v) is 16.9. The molecule has 3 aromatic rings. The molecule has 7 nitrogen and oxygen atoms in total. The highest BCUT2D eigenvalue weighted by molar-refractivity contribution is 6.03. The number of esters is 1. The third kappa shape index (κ3) is 6.24. The fourth-order valence-electron chi connectivity index (χ4n) is 2.80. The van der Waals surface area contributed by atoms with E-state index in [1.165, 1.54) is 24.3 Å². The van der Waals surface area contributed by atoms with Gasteiger partial charge in [-0.1, -0.05) is 54.6 Å². The van der Waals surface area contributed by atoms with Crippen LogP contribution in [0, 0.1) is 0 Å². The molecular weight excluding hydrogens is 410 g/mol. The second kappa shape index (κ2) is 10.5. The van der Waals surface area contributed by atoms with Crippen molar-refractivity contribution < 1.29 is 29.0 Å². The summed E-state index contributed by atoms with van der Waals surface area (Å²) < 4.78 is 5.09. The number of carbonyl (C=O) groups excluding carboxylic acids is 3.